The predicted molar refractivity (Wildman–Crippen MR) is 69.0 cm³/mol. The largest absolute Gasteiger partial charge is 0.393 e. The average Bonchev–Trinajstić information content (AvgIpc) is 2.63. The van der Waals surface area contributed by atoms with Crippen LogP contribution in [0.25, 0.3) is 0 Å². The third kappa shape index (κ3) is 2.94. The van der Waals surface area contributed by atoms with Gasteiger partial charge in [0.1, 0.15) is 6.04 Å². The van der Waals surface area contributed by atoms with Gasteiger partial charge >= 0.3 is 0 Å². The maximum Gasteiger partial charge on any atom is 0.240 e. The van der Waals surface area contributed by atoms with Crippen molar-refractivity contribution >= 4 is 29.0 Å². The van der Waals surface area contributed by atoms with E-state index in [0.717, 1.165) is 6.42 Å². The molecule has 2 unspecified atom stereocenters. The lowest BCUT2D eigenvalue weighted by Gasteiger charge is -2.28. The topological polar surface area (TPSA) is 89.4 Å². The minimum atomic E-state index is -0.509. The van der Waals surface area contributed by atoms with Crippen molar-refractivity contribution in [2.75, 3.05) is 6.54 Å². The molecule has 0 bridgehead atoms. The number of rotatable bonds is 4. The van der Waals surface area contributed by atoms with Crippen LogP contribution in [-0.2, 0) is 9.59 Å². The molecule has 96 valence electrons. The number of nitrogens with two attached hydrogens (primary N) is 2. The van der Waals surface area contributed by atoms with Gasteiger partial charge in [-0.2, -0.15) is 0 Å². The Labute approximate surface area is 107 Å². The molecule has 0 aromatic heterocycles. The second-order valence-electron chi connectivity index (χ2n) is 4.72. The van der Waals surface area contributed by atoms with Gasteiger partial charge in [0.15, 0.2) is 0 Å². The molecule has 0 radical (unpaired) electrons. The fraction of sp³-hybridized carbons (Fsp3) is 0.727. The van der Waals surface area contributed by atoms with E-state index in [-0.39, 0.29) is 16.8 Å². The highest BCUT2D eigenvalue weighted by atomic mass is 32.1. The van der Waals surface area contributed by atoms with Gasteiger partial charge in [0.25, 0.3) is 0 Å². The van der Waals surface area contributed by atoms with Crippen LogP contribution in [0.5, 0.6) is 0 Å². The van der Waals surface area contributed by atoms with Gasteiger partial charge in [-0.25, -0.2) is 0 Å². The molecule has 0 aliphatic carbocycles. The number of hydrogen-bond acceptors (Lipinski definition) is 3. The summed E-state index contributed by atoms with van der Waals surface area (Å²) >= 11 is 4.92. The Kier molecular flexibility index (Phi) is 4.45. The van der Waals surface area contributed by atoms with E-state index in [1.165, 1.54) is 4.90 Å². The number of hydrogen-bond donors (Lipinski definition) is 2. The first-order valence-corrected chi connectivity index (χ1v) is 6.16. The molecule has 1 fully saturated rings. The molecule has 0 saturated carbocycles. The summed E-state index contributed by atoms with van der Waals surface area (Å²) in [6, 6.07) is -0.502. The molecule has 5 nitrogen and oxygen atoms in total. The molecule has 2 amide bonds. The summed E-state index contributed by atoms with van der Waals surface area (Å²) < 4.78 is 0. The third-order valence-electron chi connectivity index (χ3n) is 3.10. The lowest BCUT2D eigenvalue weighted by Crippen LogP contribution is -2.49. The van der Waals surface area contributed by atoms with Gasteiger partial charge in [-0.15, -0.1) is 0 Å². The molecule has 0 aromatic rings. The number of thiocarbonyl (C=S) groups is 1. The van der Waals surface area contributed by atoms with E-state index in [0.29, 0.717) is 13.0 Å². The molecule has 0 aromatic carbocycles. The summed E-state index contributed by atoms with van der Waals surface area (Å²) in [5.41, 5.74) is 10.9. The van der Waals surface area contributed by atoms with Gasteiger partial charge in [-0.05, 0) is 18.8 Å². The zero-order chi connectivity index (χ0) is 13.2. The number of likely N-dealkylation sites (tertiary alicyclic amines) is 1. The second kappa shape index (κ2) is 5.44. The van der Waals surface area contributed by atoms with E-state index in [1.54, 1.807) is 0 Å². The SMILES string of the molecule is CC(C)C(C(=O)N1CCCC1C(N)=O)C(N)=S. The molecule has 1 rings (SSSR count). The van der Waals surface area contributed by atoms with Crippen LogP contribution in [0.4, 0.5) is 0 Å². The molecule has 1 aliphatic heterocycles. The summed E-state index contributed by atoms with van der Waals surface area (Å²) in [6.07, 6.45) is 1.42. The van der Waals surface area contributed by atoms with Crippen LogP contribution in [-0.4, -0.2) is 34.3 Å². The van der Waals surface area contributed by atoms with E-state index in [4.69, 9.17) is 23.7 Å². The number of primary amides is 1. The Morgan fingerprint density at radius 3 is 2.35 bits per heavy atom. The predicted octanol–water partition coefficient (Wildman–Crippen LogP) is 0.0210. The summed E-state index contributed by atoms with van der Waals surface area (Å²) in [7, 11) is 0. The fourth-order valence-corrected chi connectivity index (χ4v) is 2.61. The van der Waals surface area contributed by atoms with E-state index in [2.05, 4.69) is 0 Å². The van der Waals surface area contributed by atoms with Crippen LogP contribution < -0.4 is 11.5 Å². The van der Waals surface area contributed by atoms with Crippen molar-refractivity contribution in [1.82, 2.24) is 4.90 Å². The van der Waals surface area contributed by atoms with Crippen molar-refractivity contribution in [3.8, 4) is 0 Å². The van der Waals surface area contributed by atoms with Gasteiger partial charge in [0, 0.05) is 6.54 Å². The summed E-state index contributed by atoms with van der Waals surface area (Å²) in [6.45, 7) is 4.33. The van der Waals surface area contributed by atoms with Gasteiger partial charge in [0.05, 0.1) is 10.9 Å². The Morgan fingerprint density at radius 1 is 1.35 bits per heavy atom. The lowest BCUT2D eigenvalue weighted by atomic mass is 9.94. The van der Waals surface area contributed by atoms with Gasteiger partial charge in [-0.3, -0.25) is 9.59 Å². The first kappa shape index (κ1) is 13.9. The standard InChI is InChI=1S/C11H19N3O2S/c1-6(2)8(10(13)17)11(16)14-5-3-4-7(14)9(12)15/h6-8H,3-5H2,1-2H3,(H2,12,15)(H2,13,17). The van der Waals surface area contributed by atoms with Crippen LogP contribution in [0.3, 0.4) is 0 Å². The molecule has 17 heavy (non-hydrogen) atoms. The van der Waals surface area contributed by atoms with Crippen molar-refractivity contribution in [2.45, 2.75) is 32.7 Å². The monoisotopic (exact) mass is 257 g/mol. The van der Waals surface area contributed by atoms with Crippen molar-refractivity contribution in [2.24, 2.45) is 23.3 Å². The van der Waals surface area contributed by atoms with Crippen molar-refractivity contribution in [3.05, 3.63) is 0 Å². The highest BCUT2D eigenvalue weighted by Crippen LogP contribution is 2.23. The van der Waals surface area contributed by atoms with Crippen molar-refractivity contribution < 1.29 is 9.59 Å². The zero-order valence-electron chi connectivity index (χ0n) is 10.2. The van der Waals surface area contributed by atoms with E-state index >= 15 is 0 Å². The molecule has 1 aliphatic rings. The summed E-state index contributed by atoms with van der Waals surface area (Å²) in [5, 5.41) is 0. The molecular formula is C11H19N3O2S. The van der Waals surface area contributed by atoms with Crippen LogP contribution in [0, 0.1) is 11.8 Å². The minimum absolute atomic E-state index is 0.0223. The van der Waals surface area contributed by atoms with Crippen molar-refractivity contribution in [3.63, 3.8) is 0 Å². The molecular weight excluding hydrogens is 238 g/mol. The average molecular weight is 257 g/mol. The number of carbonyl (C=O) groups excluding carboxylic acids is 2. The van der Waals surface area contributed by atoms with Crippen LogP contribution in [0.15, 0.2) is 0 Å². The molecule has 0 spiro atoms. The van der Waals surface area contributed by atoms with E-state index in [9.17, 15) is 9.59 Å². The fourth-order valence-electron chi connectivity index (χ4n) is 2.24. The smallest absolute Gasteiger partial charge is 0.240 e. The maximum atomic E-state index is 12.3. The maximum absolute atomic E-state index is 12.3. The Balaban J connectivity index is 2.87. The molecule has 2 atom stereocenters. The minimum Gasteiger partial charge on any atom is -0.393 e. The highest BCUT2D eigenvalue weighted by molar-refractivity contribution is 7.80. The first-order valence-electron chi connectivity index (χ1n) is 5.75. The number of amides is 2. The van der Waals surface area contributed by atoms with Crippen LogP contribution >= 0.6 is 12.2 Å². The number of carbonyl (C=O) groups is 2. The molecule has 1 saturated heterocycles. The molecule has 6 heteroatoms. The molecule has 4 N–H and O–H groups in total. The normalized spacial score (nSPS) is 21.6. The van der Waals surface area contributed by atoms with Crippen LogP contribution in [0.1, 0.15) is 26.7 Å². The number of nitrogens with zero attached hydrogens (tertiary/aromatic N) is 1. The van der Waals surface area contributed by atoms with Crippen molar-refractivity contribution in [1.29, 1.82) is 0 Å². The lowest BCUT2D eigenvalue weighted by molar-refractivity contribution is -0.139. The Bertz CT molecular complexity index is 344. The summed E-state index contributed by atoms with van der Waals surface area (Å²) in [5.74, 6) is -1.12. The van der Waals surface area contributed by atoms with E-state index in [1.807, 2.05) is 13.8 Å². The Hall–Kier alpha value is -1.17. The third-order valence-corrected chi connectivity index (χ3v) is 3.36. The summed E-state index contributed by atoms with van der Waals surface area (Å²) in [4.78, 5) is 25.2. The van der Waals surface area contributed by atoms with E-state index < -0.39 is 17.9 Å². The van der Waals surface area contributed by atoms with Crippen LogP contribution in [0.2, 0.25) is 0 Å². The van der Waals surface area contributed by atoms with Gasteiger partial charge < -0.3 is 16.4 Å². The second-order valence-corrected chi connectivity index (χ2v) is 5.19. The highest BCUT2D eigenvalue weighted by Gasteiger charge is 2.37. The van der Waals surface area contributed by atoms with Gasteiger partial charge in [-0.1, -0.05) is 26.1 Å². The molecule has 1 heterocycles. The Morgan fingerprint density at radius 2 is 1.94 bits per heavy atom. The van der Waals surface area contributed by atoms with Gasteiger partial charge in [0.2, 0.25) is 11.8 Å². The zero-order valence-corrected chi connectivity index (χ0v) is 11.0. The first-order chi connectivity index (χ1) is 7.86. The quantitative estimate of drug-likeness (QED) is 0.695.